The van der Waals surface area contributed by atoms with E-state index in [0.29, 0.717) is 42.8 Å². The molecule has 1 aliphatic heterocycles. The van der Waals surface area contributed by atoms with Crippen molar-refractivity contribution in [2.45, 2.75) is 31.8 Å². The molecule has 1 aliphatic rings. The molecular formula is C23H29ClN2O6S. The maximum absolute atomic E-state index is 12.6. The SMILES string of the molecule is Cc1cc(O[C@H](C)C(=O)NCCOc2ccc(S(=O)(=O)N3CCOCC3)cc2)cc(C)c1Cl. The predicted molar refractivity (Wildman–Crippen MR) is 126 cm³/mol. The van der Waals surface area contributed by atoms with Gasteiger partial charge in [0.25, 0.3) is 5.91 Å². The second-order valence-corrected chi connectivity index (χ2v) is 10.1. The van der Waals surface area contributed by atoms with Crippen LogP contribution in [0, 0.1) is 13.8 Å². The molecule has 8 nitrogen and oxygen atoms in total. The van der Waals surface area contributed by atoms with Gasteiger partial charge in [0.2, 0.25) is 10.0 Å². The predicted octanol–water partition coefficient (Wildman–Crippen LogP) is 2.94. The Morgan fingerprint density at radius 3 is 2.33 bits per heavy atom. The molecule has 0 saturated carbocycles. The van der Waals surface area contributed by atoms with Crippen molar-refractivity contribution in [1.29, 1.82) is 0 Å². The van der Waals surface area contributed by atoms with Crippen LogP contribution in [-0.4, -0.2) is 64.2 Å². The molecule has 1 amide bonds. The van der Waals surface area contributed by atoms with E-state index in [1.54, 1.807) is 31.2 Å². The standard InChI is InChI=1S/C23H29ClN2O6S/c1-16-14-20(15-17(2)22(16)24)32-18(3)23(27)25-8-11-31-19-4-6-21(7-5-19)33(28,29)26-9-12-30-13-10-26/h4-7,14-15,18H,8-13H2,1-3H3,(H,25,27)/t18-/m1/s1. The lowest BCUT2D eigenvalue weighted by atomic mass is 10.1. The first-order chi connectivity index (χ1) is 15.7. The lowest BCUT2D eigenvalue weighted by molar-refractivity contribution is -0.127. The van der Waals surface area contributed by atoms with Gasteiger partial charge in [-0.25, -0.2) is 8.42 Å². The van der Waals surface area contributed by atoms with E-state index in [4.69, 9.17) is 25.8 Å². The van der Waals surface area contributed by atoms with Gasteiger partial charge in [-0.05, 0) is 68.3 Å². The van der Waals surface area contributed by atoms with Crippen LogP contribution in [0.5, 0.6) is 11.5 Å². The first-order valence-electron chi connectivity index (χ1n) is 10.7. The number of carbonyl (C=O) groups excluding carboxylic acids is 1. The number of sulfonamides is 1. The summed E-state index contributed by atoms with van der Waals surface area (Å²) in [4.78, 5) is 12.5. The molecule has 1 saturated heterocycles. The minimum atomic E-state index is -3.54. The number of rotatable bonds is 9. The van der Waals surface area contributed by atoms with Crippen molar-refractivity contribution in [3.8, 4) is 11.5 Å². The van der Waals surface area contributed by atoms with Crippen molar-refractivity contribution < 1.29 is 27.4 Å². The Morgan fingerprint density at radius 2 is 1.73 bits per heavy atom. The highest BCUT2D eigenvalue weighted by molar-refractivity contribution is 7.89. The van der Waals surface area contributed by atoms with Gasteiger partial charge < -0.3 is 19.5 Å². The Labute approximate surface area is 199 Å². The van der Waals surface area contributed by atoms with Gasteiger partial charge in [-0.1, -0.05) is 11.6 Å². The molecule has 0 radical (unpaired) electrons. The summed E-state index contributed by atoms with van der Waals surface area (Å²) >= 11 is 6.16. The number of benzene rings is 2. The van der Waals surface area contributed by atoms with Crippen molar-refractivity contribution in [1.82, 2.24) is 9.62 Å². The van der Waals surface area contributed by atoms with Crippen LogP contribution in [-0.2, 0) is 19.6 Å². The molecule has 0 spiro atoms. The van der Waals surface area contributed by atoms with E-state index in [1.807, 2.05) is 13.8 Å². The summed E-state index contributed by atoms with van der Waals surface area (Å²) in [5.74, 6) is 0.831. The van der Waals surface area contributed by atoms with Gasteiger partial charge in [0.15, 0.2) is 6.10 Å². The van der Waals surface area contributed by atoms with Gasteiger partial charge in [0, 0.05) is 18.1 Å². The highest BCUT2D eigenvalue weighted by Gasteiger charge is 2.26. The molecule has 10 heteroatoms. The summed E-state index contributed by atoms with van der Waals surface area (Å²) in [5, 5.41) is 3.45. The summed E-state index contributed by atoms with van der Waals surface area (Å²) in [6.45, 7) is 7.43. The summed E-state index contributed by atoms with van der Waals surface area (Å²) < 4.78 is 43.3. The van der Waals surface area contributed by atoms with Crippen molar-refractivity contribution >= 4 is 27.5 Å². The molecule has 1 N–H and O–H groups in total. The van der Waals surface area contributed by atoms with Crippen LogP contribution in [0.15, 0.2) is 41.3 Å². The maximum Gasteiger partial charge on any atom is 0.260 e. The molecule has 33 heavy (non-hydrogen) atoms. The molecule has 0 aliphatic carbocycles. The average molecular weight is 497 g/mol. The molecular weight excluding hydrogens is 468 g/mol. The van der Waals surface area contributed by atoms with Crippen LogP contribution in [0.1, 0.15) is 18.1 Å². The Kier molecular flexibility index (Phi) is 8.58. The third-order valence-corrected chi connectivity index (χ3v) is 7.70. The van der Waals surface area contributed by atoms with E-state index >= 15 is 0 Å². The number of halogens is 1. The van der Waals surface area contributed by atoms with E-state index in [0.717, 1.165) is 11.1 Å². The van der Waals surface area contributed by atoms with E-state index < -0.39 is 16.1 Å². The zero-order valence-electron chi connectivity index (χ0n) is 19.0. The van der Waals surface area contributed by atoms with E-state index in [-0.39, 0.29) is 24.0 Å². The second-order valence-electron chi connectivity index (χ2n) is 7.76. The molecule has 1 fully saturated rings. The van der Waals surface area contributed by atoms with Crippen LogP contribution in [0.3, 0.4) is 0 Å². The molecule has 2 aromatic carbocycles. The lowest BCUT2D eigenvalue weighted by Crippen LogP contribution is -2.40. The van der Waals surface area contributed by atoms with Gasteiger partial charge in [0.05, 0.1) is 24.7 Å². The maximum atomic E-state index is 12.6. The Bertz CT molecular complexity index is 1050. The second kappa shape index (κ2) is 11.2. The fraction of sp³-hybridized carbons (Fsp3) is 0.435. The highest BCUT2D eigenvalue weighted by atomic mass is 35.5. The van der Waals surface area contributed by atoms with Crippen LogP contribution in [0.2, 0.25) is 5.02 Å². The third kappa shape index (κ3) is 6.60. The van der Waals surface area contributed by atoms with Gasteiger partial charge >= 0.3 is 0 Å². The molecule has 0 bridgehead atoms. The lowest BCUT2D eigenvalue weighted by Gasteiger charge is -2.26. The normalized spacial score (nSPS) is 15.6. The largest absolute Gasteiger partial charge is 0.492 e. The fourth-order valence-electron chi connectivity index (χ4n) is 3.36. The first-order valence-corrected chi connectivity index (χ1v) is 12.5. The quantitative estimate of drug-likeness (QED) is 0.536. The highest BCUT2D eigenvalue weighted by Crippen LogP contribution is 2.26. The van der Waals surface area contributed by atoms with Gasteiger partial charge in [0.1, 0.15) is 18.1 Å². The number of carbonyl (C=O) groups is 1. The number of hydrogen-bond donors (Lipinski definition) is 1. The van der Waals surface area contributed by atoms with Gasteiger partial charge in [-0.15, -0.1) is 0 Å². The first kappa shape index (κ1) is 25.3. The average Bonchev–Trinajstić information content (AvgIpc) is 2.81. The smallest absolute Gasteiger partial charge is 0.260 e. The Balaban J connectivity index is 1.44. The van der Waals surface area contributed by atoms with Crippen molar-refractivity contribution in [2.75, 3.05) is 39.5 Å². The number of nitrogens with one attached hydrogen (secondary N) is 1. The minimum Gasteiger partial charge on any atom is -0.492 e. The summed E-state index contributed by atoms with van der Waals surface area (Å²) in [6, 6.07) is 9.84. The summed E-state index contributed by atoms with van der Waals surface area (Å²) in [7, 11) is -3.54. The topological polar surface area (TPSA) is 94.2 Å². The Morgan fingerprint density at radius 1 is 1.12 bits per heavy atom. The molecule has 1 heterocycles. The monoisotopic (exact) mass is 496 g/mol. The van der Waals surface area contributed by atoms with Crippen molar-refractivity contribution in [2.24, 2.45) is 0 Å². The van der Waals surface area contributed by atoms with Gasteiger partial charge in [-0.3, -0.25) is 4.79 Å². The van der Waals surface area contributed by atoms with Crippen LogP contribution >= 0.6 is 11.6 Å². The van der Waals surface area contributed by atoms with Crippen molar-refractivity contribution in [3.05, 3.63) is 52.5 Å². The molecule has 3 rings (SSSR count). The molecule has 180 valence electrons. The molecule has 0 aromatic heterocycles. The van der Waals surface area contributed by atoms with E-state index in [2.05, 4.69) is 5.32 Å². The van der Waals surface area contributed by atoms with E-state index in [1.165, 1.54) is 16.4 Å². The zero-order valence-corrected chi connectivity index (χ0v) is 20.5. The third-order valence-electron chi connectivity index (χ3n) is 5.19. The number of amides is 1. The Hall–Kier alpha value is -2.33. The summed E-state index contributed by atoms with van der Waals surface area (Å²) in [5.41, 5.74) is 1.77. The molecule has 1 atom stereocenters. The van der Waals surface area contributed by atoms with Crippen LogP contribution in [0.4, 0.5) is 0 Å². The number of ether oxygens (including phenoxy) is 3. The van der Waals surface area contributed by atoms with Crippen molar-refractivity contribution in [3.63, 3.8) is 0 Å². The number of nitrogens with zero attached hydrogens (tertiary/aromatic N) is 1. The fourth-order valence-corrected chi connectivity index (χ4v) is 4.88. The number of aryl methyl sites for hydroxylation is 2. The number of hydrogen-bond acceptors (Lipinski definition) is 6. The van der Waals surface area contributed by atoms with E-state index in [9.17, 15) is 13.2 Å². The van der Waals surface area contributed by atoms with Gasteiger partial charge in [-0.2, -0.15) is 4.31 Å². The zero-order chi connectivity index (χ0) is 24.0. The molecule has 0 unspecified atom stereocenters. The summed E-state index contributed by atoms with van der Waals surface area (Å²) in [6.07, 6.45) is -0.686. The molecule has 2 aromatic rings. The van der Waals surface area contributed by atoms with Crippen LogP contribution in [0.25, 0.3) is 0 Å². The minimum absolute atomic E-state index is 0.212. The number of morpholine rings is 1. The van der Waals surface area contributed by atoms with Crippen LogP contribution < -0.4 is 14.8 Å².